The van der Waals surface area contributed by atoms with E-state index in [0.29, 0.717) is 12.1 Å². The summed E-state index contributed by atoms with van der Waals surface area (Å²) >= 11 is 0. The molecule has 1 aromatic rings. The summed E-state index contributed by atoms with van der Waals surface area (Å²) < 4.78 is 0. The first-order chi connectivity index (χ1) is 16.7. The van der Waals surface area contributed by atoms with E-state index in [2.05, 4.69) is 16.7 Å². The van der Waals surface area contributed by atoms with Crippen molar-refractivity contribution in [3.63, 3.8) is 0 Å². The molecule has 4 atom stereocenters. The van der Waals surface area contributed by atoms with Gasteiger partial charge in [-0.1, -0.05) is 52.8 Å². The largest absolute Gasteiger partial charge is 0.344 e. The summed E-state index contributed by atoms with van der Waals surface area (Å²) in [7, 11) is 1.56. The maximum absolute atomic E-state index is 14.0. The first kappa shape index (κ1) is 27.2. The Labute approximate surface area is 213 Å². The number of benzene rings is 1. The average Bonchev–Trinajstić information content (AvgIpc) is 3.33. The highest BCUT2D eigenvalue weighted by Crippen LogP contribution is 2.46. The fourth-order valence-corrected chi connectivity index (χ4v) is 5.05. The van der Waals surface area contributed by atoms with Crippen LogP contribution in [-0.4, -0.2) is 65.1 Å². The van der Waals surface area contributed by atoms with Gasteiger partial charge in [-0.05, 0) is 30.4 Å². The Hall–Kier alpha value is -3.41. The van der Waals surface area contributed by atoms with Crippen LogP contribution in [0.3, 0.4) is 0 Å². The van der Waals surface area contributed by atoms with Gasteiger partial charge in [0.1, 0.15) is 18.1 Å². The number of carbonyl (C=O) groups is 4. The van der Waals surface area contributed by atoms with Gasteiger partial charge in [0.15, 0.2) is 0 Å². The number of carbonyl (C=O) groups excluding carboxylic acids is 4. The minimum atomic E-state index is -1.000. The molecule has 2 aliphatic rings. The first-order valence-electron chi connectivity index (χ1n) is 12.4. The third kappa shape index (κ3) is 5.08. The summed E-state index contributed by atoms with van der Waals surface area (Å²) in [4.78, 5) is 55.4. The van der Waals surface area contributed by atoms with Crippen molar-refractivity contribution in [2.45, 2.75) is 77.9 Å². The van der Waals surface area contributed by atoms with Crippen molar-refractivity contribution in [3.8, 4) is 6.07 Å². The molecule has 0 aliphatic carbocycles. The molecule has 9 nitrogen and oxygen atoms in total. The van der Waals surface area contributed by atoms with Gasteiger partial charge >= 0.3 is 0 Å². The molecule has 1 aromatic carbocycles. The lowest BCUT2D eigenvalue weighted by atomic mass is 9.80. The average molecular weight is 496 g/mol. The standard InChI is InChI=1S/C27H37N5O4/c1-16(2)22(33)29-17(3)23(34)31(7)21(13-26(4,5)6)24(35)32-15-27(12-18(32)14-28)19-10-8-9-11-20(19)30-25(27)36/h8-11,16-18,21H,12-13,15H2,1-7H3,(H,29,33)(H,30,36)/t17-,18-,21-,27-/m0/s1. The number of hydrogen-bond donors (Lipinski definition) is 2. The third-order valence-electron chi connectivity index (χ3n) is 7.08. The van der Waals surface area contributed by atoms with Gasteiger partial charge in [-0.25, -0.2) is 0 Å². The van der Waals surface area contributed by atoms with Crippen molar-refractivity contribution in [2.75, 3.05) is 18.9 Å². The number of hydrogen-bond acceptors (Lipinski definition) is 5. The molecule has 4 amide bonds. The zero-order valence-electron chi connectivity index (χ0n) is 22.2. The number of para-hydroxylation sites is 1. The number of likely N-dealkylation sites (N-methyl/N-ethyl adjacent to an activating group) is 1. The van der Waals surface area contributed by atoms with Crippen molar-refractivity contribution < 1.29 is 19.2 Å². The summed E-state index contributed by atoms with van der Waals surface area (Å²) in [5, 5.41) is 15.6. The van der Waals surface area contributed by atoms with Crippen LogP contribution in [0.1, 0.15) is 59.9 Å². The van der Waals surface area contributed by atoms with Crippen molar-refractivity contribution in [1.82, 2.24) is 15.1 Å². The molecule has 0 aromatic heterocycles. The number of likely N-dealkylation sites (tertiary alicyclic amines) is 1. The van der Waals surface area contributed by atoms with Crippen LogP contribution < -0.4 is 10.6 Å². The minimum absolute atomic E-state index is 0.0647. The topological polar surface area (TPSA) is 123 Å². The Morgan fingerprint density at radius 3 is 2.47 bits per heavy atom. The van der Waals surface area contributed by atoms with E-state index in [1.165, 1.54) is 9.80 Å². The summed E-state index contributed by atoms with van der Waals surface area (Å²) in [5.74, 6) is -1.52. The lowest BCUT2D eigenvalue weighted by molar-refractivity contribution is -0.147. The summed E-state index contributed by atoms with van der Waals surface area (Å²) in [6.07, 6.45) is 0.544. The van der Waals surface area contributed by atoms with E-state index in [-0.39, 0.29) is 42.0 Å². The number of nitrogens with zero attached hydrogens (tertiary/aromatic N) is 3. The van der Waals surface area contributed by atoms with E-state index in [0.717, 1.165) is 5.56 Å². The van der Waals surface area contributed by atoms with Crippen LogP contribution >= 0.6 is 0 Å². The zero-order valence-corrected chi connectivity index (χ0v) is 22.2. The number of rotatable bonds is 6. The maximum Gasteiger partial charge on any atom is 0.246 e. The molecule has 1 saturated heterocycles. The molecular formula is C27H37N5O4. The third-order valence-corrected chi connectivity index (χ3v) is 7.08. The van der Waals surface area contributed by atoms with Gasteiger partial charge in [0.05, 0.1) is 11.5 Å². The zero-order chi connectivity index (χ0) is 27.0. The van der Waals surface area contributed by atoms with Crippen LogP contribution in [0.5, 0.6) is 0 Å². The predicted octanol–water partition coefficient (Wildman–Crippen LogP) is 2.42. The van der Waals surface area contributed by atoms with Crippen molar-refractivity contribution >= 4 is 29.3 Å². The van der Waals surface area contributed by atoms with Gasteiger partial charge < -0.3 is 20.4 Å². The summed E-state index contributed by atoms with van der Waals surface area (Å²) in [5.41, 5.74) is 0.171. The fraction of sp³-hybridized carbons (Fsp3) is 0.593. The minimum Gasteiger partial charge on any atom is -0.344 e. The predicted molar refractivity (Wildman–Crippen MR) is 136 cm³/mol. The SMILES string of the molecule is CC(C)C(=O)N[C@@H](C)C(=O)N(C)[C@@H](CC(C)(C)C)C(=O)N1C[C@]2(C[C@H]1C#N)C(=O)Nc1ccccc12. The molecular weight excluding hydrogens is 458 g/mol. The van der Waals surface area contributed by atoms with E-state index in [4.69, 9.17) is 0 Å². The van der Waals surface area contributed by atoms with Gasteiger partial charge in [0.25, 0.3) is 0 Å². The number of amides is 4. The van der Waals surface area contributed by atoms with Crippen LogP contribution in [-0.2, 0) is 24.6 Å². The molecule has 0 unspecified atom stereocenters. The van der Waals surface area contributed by atoms with Crippen LogP contribution in [0.2, 0.25) is 0 Å². The molecule has 2 aliphatic heterocycles. The maximum atomic E-state index is 14.0. The van der Waals surface area contributed by atoms with E-state index in [9.17, 15) is 24.4 Å². The smallest absolute Gasteiger partial charge is 0.246 e. The lowest BCUT2D eigenvalue weighted by Crippen LogP contribution is -2.56. The Balaban J connectivity index is 1.91. The molecule has 3 rings (SSSR count). The molecule has 0 bridgehead atoms. The normalized spacial score (nSPS) is 22.6. The quantitative estimate of drug-likeness (QED) is 0.628. The second-order valence-electron chi connectivity index (χ2n) is 11.5. The second kappa shape index (κ2) is 9.92. The molecule has 0 saturated carbocycles. The highest BCUT2D eigenvalue weighted by atomic mass is 16.2. The number of anilines is 1. The molecule has 9 heteroatoms. The summed E-state index contributed by atoms with van der Waals surface area (Å²) in [6.45, 7) is 11.1. The van der Waals surface area contributed by atoms with E-state index < -0.39 is 29.4 Å². The van der Waals surface area contributed by atoms with E-state index >= 15 is 0 Å². The van der Waals surface area contributed by atoms with Crippen LogP contribution in [0.15, 0.2) is 24.3 Å². The van der Waals surface area contributed by atoms with E-state index in [1.54, 1.807) is 27.8 Å². The number of nitriles is 1. The van der Waals surface area contributed by atoms with E-state index in [1.807, 2.05) is 45.0 Å². The number of nitrogens with one attached hydrogen (secondary N) is 2. The van der Waals surface area contributed by atoms with Crippen molar-refractivity contribution in [3.05, 3.63) is 29.8 Å². The van der Waals surface area contributed by atoms with Gasteiger partial charge in [-0.2, -0.15) is 5.26 Å². The number of fused-ring (bicyclic) bond motifs is 2. The molecule has 1 spiro atoms. The Bertz CT molecular complexity index is 1100. The fourth-order valence-electron chi connectivity index (χ4n) is 5.05. The monoisotopic (exact) mass is 495 g/mol. The lowest BCUT2D eigenvalue weighted by Gasteiger charge is -2.36. The van der Waals surface area contributed by atoms with Crippen LogP contribution in [0, 0.1) is 22.7 Å². The Kier molecular flexibility index (Phi) is 7.49. The molecule has 194 valence electrons. The molecule has 2 heterocycles. The van der Waals surface area contributed by atoms with Crippen molar-refractivity contribution in [1.29, 1.82) is 5.26 Å². The van der Waals surface area contributed by atoms with Gasteiger partial charge in [0, 0.05) is 31.6 Å². The van der Waals surface area contributed by atoms with Gasteiger partial charge in [-0.15, -0.1) is 0 Å². The second-order valence-corrected chi connectivity index (χ2v) is 11.5. The van der Waals surface area contributed by atoms with Crippen LogP contribution in [0.25, 0.3) is 0 Å². The summed E-state index contributed by atoms with van der Waals surface area (Å²) in [6, 6.07) is 7.07. The van der Waals surface area contributed by atoms with Gasteiger partial charge in [-0.3, -0.25) is 19.2 Å². The van der Waals surface area contributed by atoms with Crippen molar-refractivity contribution in [2.24, 2.45) is 11.3 Å². The molecule has 1 fully saturated rings. The molecule has 2 N–H and O–H groups in total. The highest BCUT2D eigenvalue weighted by molar-refractivity contribution is 6.07. The first-order valence-corrected chi connectivity index (χ1v) is 12.4. The molecule has 0 radical (unpaired) electrons. The Morgan fingerprint density at radius 1 is 1.25 bits per heavy atom. The highest BCUT2D eigenvalue weighted by Gasteiger charge is 2.56. The Morgan fingerprint density at radius 2 is 1.89 bits per heavy atom. The van der Waals surface area contributed by atoms with Gasteiger partial charge in [0.2, 0.25) is 23.6 Å². The molecule has 36 heavy (non-hydrogen) atoms. The van der Waals surface area contributed by atoms with Crippen LogP contribution in [0.4, 0.5) is 5.69 Å².